The van der Waals surface area contributed by atoms with Crippen molar-refractivity contribution >= 4 is 27.5 Å². The zero-order valence-electron chi connectivity index (χ0n) is 23.7. The lowest BCUT2D eigenvalue weighted by Gasteiger charge is -2.30. The molecule has 1 atom stereocenters. The largest absolute Gasteiger partial charge is 0.496 e. The molecule has 12 heteroatoms. The number of para-hydroxylation sites is 1. The van der Waals surface area contributed by atoms with E-state index in [0.717, 1.165) is 5.56 Å². The van der Waals surface area contributed by atoms with Crippen LogP contribution in [0.4, 0.5) is 0 Å². The number of thiophene rings is 1. The first-order chi connectivity index (χ1) is 20.4. The Morgan fingerprint density at radius 2 is 1.95 bits per heavy atom. The maximum absolute atomic E-state index is 14.1. The smallest absolute Gasteiger partial charge is 0.366 e. The van der Waals surface area contributed by atoms with Crippen molar-refractivity contribution in [3.05, 3.63) is 68.7 Å². The summed E-state index contributed by atoms with van der Waals surface area (Å²) in [5.41, 5.74) is -0.120. The second kappa shape index (κ2) is 11.9. The first-order valence-electron chi connectivity index (χ1n) is 14.1. The quantitative estimate of drug-likeness (QED) is 0.281. The van der Waals surface area contributed by atoms with Crippen LogP contribution in [0.25, 0.3) is 21.0 Å². The summed E-state index contributed by atoms with van der Waals surface area (Å²) in [7, 11) is 1.58. The standard InChI is InChI=1S/C30H33N3O8S/c1-17-14-19(15-17)29(35)41-33-27(34)24-18(2)25(26-31-10-13-39-26)42-28(24)32(30(33)36)16-23(40-20-8-11-38-12-9-20)21-6-4-5-7-22(21)37-3/h4-7,10,13,17,19-20,23H,8-9,11-12,14-16H2,1-3H3/t17?,19?,23-/m0/s1. The highest BCUT2D eigenvalue weighted by Crippen LogP contribution is 2.38. The van der Waals surface area contributed by atoms with Gasteiger partial charge in [-0.1, -0.05) is 29.9 Å². The van der Waals surface area contributed by atoms with Crippen molar-refractivity contribution in [3.8, 4) is 16.5 Å². The van der Waals surface area contributed by atoms with Gasteiger partial charge in [-0.2, -0.15) is 0 Å². The molecule has 0 N–H and O–H groups in total. The van der Waals surface area contributed by atoms with Crippen molar-refractivity contribution < 1.29 is 28.3 Å². The summed E-state index contributed by atoms with van der Waals surface area (Å²) in [6, 6.07) is 7.49. The van der Waals surface area contributed by atoms with Gasteiger partial charge < -0.3 is 23.5 Å². The van der Waals surface area contributed by atoms with Crippen molar-refractivity contribution in [2.24, 2.45) is 11.8 Å². The molecular formula is C30H33N3O8S. The second-order valence-corrected chi connectivity index (χ2v) is 11.9. The number of carbonyl (C=O) groups is 1. The van der Waals surface area contributed by atoms with Gasteiger partial charge in [-0.15, -0.1) is 11.3 Å². The van der Waals surface area contributed by atoms with Crippen LogP contribution in [0.5, 0.6) is 5.75 Å². The number of fused-ring (bicyclic) bond motifs is 1. The van der Waals surface area contributed by atoms with Crippen LogP contribution >= 0.6 is 11.3 Å². The summed E-state index contributed by atoms with van der Waals surface area (Å²) >= 11 is 1.23. The maximum Gasteiger partial charge on any atom is 0.366 e. The van der Waals surface area contributed by atoms with Gasteiger partial charge in [0.25, 0.3) is 5.56 Å². The van der Waals surface area contributed by atoms with E-state index in [0.29, 0.717) is 76.5 Å². The van der Waals surface area contributed by atoms with E-state index in [2.05, 4.69) is 4.98 Å². The van der Waals surface area contributed by atoms with Crippen molar-refractivity contribution in [1.29, 1.82) is 0 Å². The molecule has 1 aliphatic carbocycles. The molecule has 222 valence electrons. The number of aryl methyl sites for hydroxylation is 1. The molecule has 1 saturated heterocycles. The first-order valence-corrected chi connectivity index (χ1v) is 14.9. The van der Waals surface area contributed by atoms with Gasteiger partial charge >= 0.3 is 11.7 Å². The molecule has 6 rings (SSSR count). The van der Waals surface area contributed by atoms with E-state index < -0.39 is 23.3 Å². The van der Waals surface area contributed by atoms with Crippen LogP contribution < -0.4 is 20.8 Å². The van der Waals surface area contributed by atoms with E-state index in [4.69, 9.17) is 23.5 Å². The van der Waals surface area contributed by atoms with E-state index in [-0.39, 0.29) is 24.0 Å². The number of oxazole rings is 1. The Bertz CT molecular complexity index is 1690. The third-order valence-electron chi connectivity index (χ3n) is 8.05. The lowest BCUT2D eigenvalue weighted by atomic mass is 9.76. The molecule has 0 amide bonds. The molecule has 1 aliphatic heterocycles. The molecule has 2 fully saturated rings. The molecule has 2 aliphatic rings. The number of benzene rings is 1. The maximum atomic E-state index is 14.1. The Hall–Kier alpha value is -3.74. The summed E-state index contributed by atoms with van der Waals surface area (Å²) in [5.74, 6) is 0.406. The van der Waals surface area contributed by atoms with Gasteiger partial charge in [-0.3, -0.25) is 9.36 Å². The minimum Gasteiger partial charge on any atom is -0.496 e. The predicted molar refractivity (Wildman–Crippen MR) is 155 cm³/mol. The number of aromatic nitrogens is 3. The van der Waals surface area contributed by atoms with Gasteiger partial charge in [0, 0.05) is 18.8 Å². The number of rotatable bonds is 9. The molecule has 1 aromatic carbocycles. The predicted octanol–water partition coefficient (Wildman–Crippen LogP) is 4.13. The van der Waals surface area contributed by atoms with Crippen molar-refractivity contribution in [1.82, 2.24) is 14.3 Å². The van der Waals surface area contributed by atoms with Crippen LogP contribution in [-0.4, -0.2) is 46.7 Å². The van der Waals surface area contributed by atoms with Gasteiger partial charge in [0.2, 0.25) is 5.89 Å². The van der Waals surface area contributed by atoms with Gasteiger partial charge in [0.15, 0.2) is 0 Å². The Morgan fingerprint density at radius 1 is 1.19 bits per heavy atom. The van der Waals surface area contributed by atoms with E-state index in [1.54, 1.807) is 14.0 Å². The molecule has 42 heavy (non-hydrogen) atoms. The molecule has 0 bridgehead atoms. The SMILES string of the molecule is COc1ccccc1[C@H](Cn1c(=O)n(OC(=O)C2CC(C)C2)c(=O)c2c(C)c(-c3ncco3)sc21)OC1CCOCC1. The second-order valence-electron chi connectivity index (χ2n) is 10.9. The number of methoxy groups -OCH3 is 1. The zero-order chi connectivity index (χ0) is 29.4. The van der Waals surface area contributed by atoms with E-state index in [1.165, 1.54) is 28.4 Å². The summed E-state index contributed by atoms with van der Waals surface area (Å²) in [5, 5.41) is 0.257. The Kier molecular flexibility index (Phi) is 8.02. The van der Waals surface area contributed by atoms with E-state index in [9.17, 15) is 14.4 Å². The fourth-order valence-corrected chi connectivity index (χ4v) is 6.96. The Balaban J connectivity index is 1.50. The molecular weight excluding hydrogens is 562 g/mol. The first kappa shape index (κ1) is 28.4. The molecule has 1 saturated carbocycles. The van der Waals surface area contributed by atoms with Gasteiger partial charge in [0.1, 0.15) is 22.9 Å². The number of carbonyl (C=O) groups excluding carboxylic acids is 1. The monoisotopic (exact) mass is 595 g/mol. The third-order valence-corrected chi connectivity index (χ3v) is 9.35. The summed E-state index contributed by atoms with van der Waals surface area (Å²) in [4.78, 5) is 51.6. The highest BCUT2D eigenvalue weighted by molar-refractivity contribution is 7.22. The Labute approximate surface area is 245 Å². The fourth-order valence-electron chi connectivity index (χ4n) is 5.72. The normalized spacial score (nSPS) is 19.9. The summed E-state index contributed by atoms with van der Waals surface area (Å²) in [6.45, 7) is 5.01. The molecule has 4 aromatic rings. The third kappa shape index (κ3) is 5.30. The van der Waals surface area contributed by atoms with Gasteiger partial charge in [-0.05, 0) is 50.2 Å². The number of nitrogens with zero attached hydrogens (tertiary/aromatic N) is 3. The number of hydrogen-bond acceptors (Lipinski definition) is 10. The lowest BCUT2D eigenvalue weighted by molar-refractivity contribution is -0.154. The minimum atomic E-state index is -0.760. The van der Waals surface area contributed by atoms with Gasteiger partial charge in [0.05, 0.1) is 42.1 Å². The molecule has 0 spiro atoms. The van der Waals surface area contributed by atoms with Crippen LogP contribution in [0.3, 0.4) is 0 Å². The van der Waals surface area contributed by atoms with Crippen LogP contribution in [0.15, 0.2) is 50.7 Å². The number of hydrogen-bond donors (Lipinski definition) is 0. The van der Waals surface area contributed by atoms with Crippen molar-refractivity contribution in [3.63, 3.8) is 0 Å². The van der Waals surface area contributed by atoms with Gasteiger partial charge in [-0.25, -0.2) is 14.6 Å². The zero-order valence-corrected chi connectivity index (χ0v) is 24.6. The average Bonchev–Trinajstić information content (AvgIpc) is 3.64. The summed E-state index contributed by atoms with van der Waals surface area (Å²) in [6.07, 6.45) is 4.98. The molecule has 11 nitrogen and oxygen atoms in total. The molecule has 4 heterocycles. The topological polar surface area (TPSA) is 124 Å². The van der Waals surface area contributed by atoms with Crippen molar-refractivity contribution in [2.75, 3.05) is 20.3 Å². The van der Waals surface area contributed by atoms with Crippen molar-refractivity contribution in [2.45, 2.75) is 58.3 Å². The molecule has 0 unspecified atom stereocenters. The summed E-state index contributed by atoms with van der Waals surface area (Å²) < 4.78 is 25.4. The fraction of sp³-hybridized carbons (Fsp3) is 0.467. The van der Waals surface area contributed by atoms with Crippen LogP contribution in [0.2, 0.25) is 0 Å². The molecule has 3 aromatic heterocycles. The van der Waals surface area contributed by atoms with Crippen LogP contribution in [-0.2, 0) is 20.8 Å². The highest BCUT2D eigenvalue weighted by atomic mass is 32.1. The van der Waals surface area contributed by atoms with E-state index in [1.807, 2.05) is 31.2 Å². The van der Waals surface area contributed by atoms with Crippen LogP contribution in [0, 0.1) is 18.8 Å². The van der Waals surface area contributed by atoms with E-state index >= 15 is 0 Å². The highest BCUT2D eigenvalue weighted by Gasteiger charge is 2.35. The molecule has 0 radical (unpaired) electrons. The van der Waals surface area contributed by atoms with Crippen LogP contribution in [0.1, 0.15) is 49.8 Å². The Morgan fingerprint density at radius 3 is 2.64 bits per heavy atom. The number of ether oxygens (including phenoxy) is 3. The lowest BCUT2D eigenvalue weighted by Crippen LogP contribution is -2.48. The minimum absolute atomic E-state index is 0.0380. The average molecular weight is 596 g/mol.